The second kappa shape index (κ2) is 7.76. The molecular formula is C11H17BrClNO2. The van der Waals surface area contributed by atoms with Gasteiger partial charge in [-0.05, 0) is 47.6 Å². The van der Waals surface area contributed by atoms with Gasteiger partial charge < -0.3 is 14.8 Å². The van der Waals surface area contributed by atoms with E-state index in [2.05, 4.69) is 21.2 Å². The highest BCUT2D eigenvalue weighted by Gasteiger charge is 2.10. The summed E-state index contributed by atoms with van der Waals surface area (Å²) in [5.74, 6) is 1.52. The molecule has 3 nitrogen and oxygen atoms in total. The highest BCUT2D eigenvalue weighted by Crippen LogP contribution is 2.36. The molecule has 0 bridgehead atoms. The van der Waals surface area contributed by atoms with Crippen LogP contribution in [0, 0.1) is 0 Å². The third kappa shape index (κ3) is 3.85. The van der Waals surface area contributed by atoms with Crippen molar-refractivity contribution in [2.24, 2.45) is 0 Å². The van der Waals surface area contributed by atoms with E-state index < -0.39 is 0 Å². The Labute approximate surface area is 111 Å². The average Bonchev–Trinajstić information content (AvgIpc) is 2.18. The topological polar surface area (TPSA) is 30.5 Å². The summed E-state index contributed by atoms with van der Waals surface area (Å²) in [6.07, 6.45) is 0. The molecule has 1 aromatic rings. The minimum atomic E-state index is 0. The van der Waals surface area contributed by atoms with Gasteiger partial charge in [-0.1, -0.05) is 0 Å². The predicted molar refractivity (Wildman–Crippen MR) is 71.9 cm³/mol. The molecule has 0 radical (unpaired) electrons. The second-order valence-electron chi connectivity index (χ2n) is 3.07. The Balaban J connectivity index is 0.00000225. The van der Waals surface area contributed by atoms with Crippen LogP contribution in [0.3, 0.4) is 0 Å². The molecule has 0 atom stereocenters. The Morgan fingerprint density at radius 2 is 2.06 bits per heavy atom. The van der Waals surface area contributed by atoms with Crippen LogP contribution in [0.5, 0.6) is 11.5 Å². The Hall–Kier alpha value is -0.450. The summed E-state index contributed by atoms with van der Waals surface area (Å²) in [6.45, 7) is 3.40. The third-order valence-electron chi connectivity index (χ3n) is 1.95. The van der Waals surface area contributed by atoms with Crippen molar-refractivity contribution in [3.63, 3.8) is 0 Å². The van der Waals surface area contributed by atoms with Gasteiger partial charge in [0.15, 0.2) is 11.5 Å². The molecule has 0 heterocycles. The molecule has 0 saturated carbocycles. The van der Waals surface area contributed by atoms with E-state index in [4.69, 9.17) is 9.47 Å². The van der Waals surface area contributed by atoms with Gasteiger partial charge >= 0.3 is 0 Å². The number of hydrogen-bond acceptors (Lipinski definition) is 3. The normalized spacial score (nSPS) is 9.50. The van der Waals surface area contributed by atoms with Crippen molar-refractivity contribution in [1.29, 1.82) is 0 Å². The van der Waals surface area contributed by atoms with Crippen LogP contribution in [-0.4, -0.2) is 20.8 Å². The largest absolute Gasteiger partial charge is 0.492 e. The van der Waals surface area contributed by atoms with Crippen LogP contribution in [-0.2, 0) is 6.54 Å². The standard InChI is InChI=1S/C11H16BrNO2.ClH/c1-4-15-10-6-8(7-13-2)5-9(12)11(10)14-3;/h5-6,13H,4,7H2,1-3H3;1H. The first-order chi connectivity index (χ1) is 7.22. The molecule has 0 aliphatic rings. The van der Waals surface area contributed by atoms with E-state index in [1.54, 1.807) is 7.11 Å². The monoisotopic (exact) mass is 309 g/mol. The Morgan fingerprint density at radius 1 is 1.38 bits per heavy atom. The molecule has 1 N–H and O–H groups in total. The van der Waals surface area contributed by atoms with Crippen LogP contribution < -0.4 is 14.8 Å². The second-order valence-corrected chi connectivity index (χ2v) is 3.93. The number of rotatable bonds is 5. The Kier molecular flexibility index (Phi) is 7.55. The Bertz CT molecular complexity index is 334. The molecule has 0 aromatic heterocycles. The van der Waals surface area contributed by atoms with E-state index >= 15 is 0 Å². The number of hydrogen-bond donors (Lipinski definition) is 1. The van der Waals surface area contributed by atoms with Crippen molar-refractivity contribution in [2.45, 2.75) is 13.5 Å². The first kappa shape index (κ1) is 15.5. The summed E-state index contributed by atoms with van der Waals surface area (Å²) < 4.78 is 11.7. The number of ether oxygens (including phenoxy) is 2. The summed E-state index contributed by atoms with van der Waals surface area (Å²) in [7, 11) is 3.55. The summed E-state index contributed by atoms with van der Waals surface area (Å²) >= 11 is 3.47. The minimum Gasteiger partial charge on any atom is -0.492 e. The summed E-state index contributed by atoms with van der Waals surface area (Å²) in [5.41, 5.74) is 1.16. The molecule has 5 heteroatoms. The van der Waals surface area contributed by atoms with Gasteiger partial charge in [0, 0.05) is 6.54 Å². The fourth-order valence-electron chi connectivity index (χ4n) is 1.39. The maximum absolute atomic E-state index is 5.51. The van der Waals surface area contributed by atoms with E-state index in [0.29, 0.717) is 6.61 Å². The summed E-state index contributed by atoms with van der Waals surface area (Å²) in [5, 5.41) is 3.10. The molecule has 1 rings (SSSR count). The number of nitrogens with one attached hydrogen (secondary N) is 1. The van der Waals surface area contributed by atoms with Gasteiger partial charge in [0.05, 0.1) is 18.2 Å². The zero-order valence-electron chi connectivity index (χ0n) is 9.67. The van der Waals surface area contributed by atoms with Gasteiger partial charge in [0.2, 0.25) is 0 Å². The molecule has 0 aliphatic heterocycles. The quantitative estimate of drug-likeness (QED) is 0.907. The molecule has 0 aliphatic carbocycles. The van der Waals surface area contributed by atoms with Crippen LogP contribution in [0.15, 0.2) is 16.6 Å². The summed E-state index contributed by atoms with van der Waals surface area (Å²) in [4.78, 5) is 0. The van der Waals surface area contributed by atoms with Crippen molar-refractivity contribution in [3.05, 3.63) is 22.2 Å². The maximum atomic E-state index is 5.51. The average molecular weight is 311 g/mol. The van der Waals surface area contributed by atoms with Crippen molar-refractivity contribution in [2.75, 3.05) is 20.8 Å². The van der Waals surface area contributed by atoms with Crippen LogP contribution in [0.1, 0.15) is 12.5 Å². The molecule has 0 saturated heterocycles. The minimum absolute atomic E-state index is 0. The highest BCUT2D eigenvalue weighted by atomic mass is 79.9. The molecule has 0 unspecified atom stereocenters. The van der Waals surface area contributed by atoms with Gasteiger partial charge in [-0.15, -0.1) is 12.4 Å². The van der Waals surface area contributed by atoms with E-state index in [9.17, 15) is 0 Å². The van der Waals surface area contributed by atoms with E-state index in [-0.39, 0.29) is 12.4 Å². The highest BCUT2D eigenvalue weighted by molar-refractivity contribution is 9.10. The third-order valence-corrected chi connectivity index (χ3v) is 2.54. The lowest BCUT2D eigenvalue weighted by Gasteiger charge is -2.13. The Morgan fingerprint density at radius 3 is 2.56 bits per heavy atom. The lowest BCUT2D eigenvalue weighted by atomic mass is 10.2. The van der Waals surface area contributed by atoms with Gasteiger partial charge in [0.1, 0.15) is 0 Å². The van der Waals surface area contributed by atoms with Crippen molar-refractivity contribution < 1.29 is 9.47 Å². The molecule has 16 heavy (non-hydrogen) atoms. The SMILES string of the molecule is CCOc1cc(CNC)cc(Br)c1OC.Cl. The van der Waals surface area contributed by atoms with Gasteiger partial charge in [-0.2, -0.15) is 0 Å². The van der Waals surface area contributed by atoms with Crippen LogP contribution >= 0.6 is 28.3 Å². The van der Waals surface area contributed by atoms with E-state index in [1.165, 1.54) is 0 Å². The number of methoxy groups -OCH3 is 1. The smallest absolute Gasteiger partial charge is 0.174 e. The first-order valence-electron chi connectivity index (χ1n) is 4.86. The van der Waals surface area contributed by atoms with Gasteiger partial charge in [0.25, 0.3) is 0 Å². The number of benzene rings is 1. The molecule has 1 aromatic carbocycles. The predicted octanol–water partition coefficient (Wildman–Crippen LogP) is 3.00. The number of halogens is 2. The van der Waals surface area contributed by atoms with Crippen molar-refractivity contribution in [3.8, 4) is 11.5 Å². The fourth-order valence-corrected chi connectivity index (χ4v) is 2.04. The first-order valence-corrected chi connectivity index (χ1v) is 5.66. The lowest BCUT2D eigenvalue weighted by molar-refractivity contribution is 0.309. The van der Waals surface area contributed by atoms with E-state index in [0.717, 1.165) is 28.1 Å². The zero-order valence-corrected chi connectivity index (χ0v) is 12.1. The fraction of sp³-hybridized carbons (Fsp3) is 0.455. The van der Waals surface area contributed by atoms with Crippen LogP contribution in [0.2, 0.25) is 0 Å². The van der Waals surface area contributed by atoms with Crippen molar-refractivity contribution >= 4 is 28.3 Å². The van der Waals surface area contributed by atoms with Crippen LogP contribution in [0.4, 0.5) is 0 Å². The van der Waals surface area contributed by atoms with Crippen LogP contribution in [0.25, 0.3) is 0 Å². The molecule has 0 fully saturated rings. The maximum Gasteiger partial charge on any atom is 0.174 e. The zero-order chi connectivity index (χ0) is 11.3. The van der Waals surface area contributed by atoms with Crippen molar-refractivity contribution in [1.82, 2.24) is 5.32 Å². The van der Waals surface area contributed by atoms with Gasteiger partial charge in [-0.3, -0.25) is 0 Å². The van der Waals surface area contributed by atoms with Gasteiger partial charge in [-0.25, -0.2) is 0 Å². The van der Waals surface area contributed by atoms with E-state index in [1.807, 2.05) is 26.1 Å². The lowest BCUT2D eigenvalue weighted by Crippen LogP contribution is -2.06. The molecular weight excluding hydrogens is 293 g/mol. The molecule has 0 amide bonds. The molecule has 92 valence electrons. The summed E-state index contributed by atoms with van der Waals surface area (Å²) in [6, 6.07) is 4.02. The molecule has 0 spiro atoms.